The molecule has 2 aromatic rings. The van der Waals surface area contributed by atoms with Crippen molar-refractivity contribution >= 4 is 34.8 Å². The molecule has 0 radical (unpaired) electrons. The highest BCUT2D eigenvalue weighted by atomic mass is 35.5. The predicted molar refractivity (Wildman–Crippen MR) is 66.7 cm³/mol. The Morgan fingerprint density at radius 3 is 2.88 bits per heavy atom. The molecule has 0 fully saturated rings. The van der Waals surface area contributed by atoms with E-state index in [-0.39, 0.29) is 0 Å². The van der Waals surface area contributed by atoms with Crippen molar-refractivity contribution in [3.8, 4) is 0 Å². The summed E-state index contributed by atoms with van der Waals surface area (Å²) in [5.74, 6) is 0.643. The van der Waals surface area contributed by atoms with E-state index in [4.69, 9.17) is 11.6 Å². The van der Waals surface area contributed by atoms with Gasteiger partial charge in [0.2, 0.25) is 0 Å². The molecule has 0 atom stereocenters. The van der Waals surface area contributed by atoms with Gasteiger partial charge in [-0.1, -0.05) is 17.7 Å². The molecule has 0 aliphatic heterocycles. The van der Waals surface area contributed by atoms with Gasteiger partial charge in [-0.25, -0.2) is 0 Å². The average Bonchev–Trinajstić information content (AvgIpc) is 2.88. The summed E-state index contributed by atoms with van der Waals surface area (Å²) < 4.78 is 8.01. The maximum Gasteiger partial charge on any atom is 0.187 e. The van der Waals surface area contributed by atoms with Crippen molar-refractivity contribution in [2.24, 2.45) is 0 Å². The van der Waals surface area contributed by atoms with Gasteiger partial charge in [-0.2, -0.15) is 8.75 Å². The molecule has 0 saturated carbocycles. The standard InChI is InChI=1S/C11H10ClN3S/c12-10-11(15-16-14-10)13-9-5-4-7-2-1-3-8(7)6-9/h4-6H,1-3H2,(H,13,15). The summed E-state index contributed by atoms with van der Waals surface area (Å²) in [7, 11) is 0. The molecule has 1 heterocycles. The molecule has 0 saturated heterocycles. The number of aryl methyl sites for hydroxylation is 2. The van der Waals surface area contributed by atoms with E-state index in [1.807, 2.05) is 0 Å². The molecule has 0 spiro atoms. The van der Waals surface area contributed by atoms with Crippen LogP contribution in [-0.4, -0.2) is 8.75 Å². The van der Waals surface area contributed by atoms with Crippen LogP contribution in [0.15, 0.2) is 18.2 Å². The first-order valence-corrected chi connectivity index (χ1v) is 6.30. The molecule has 1 aliphatic rings. The second-order valence-electron chi connectivity index (χ2n) is 3.87. The van der Waals surface area contributed by atoms with Crippen molar-refractivity contribution in [1.82, 2.24) is 8.75 Å². The zero-order valence-electron chi connectivity index (χ0n) is 8.53. The van der Waals surface area contributed by atoms with Gasteiger partial charge in [0.15, 0.2) is 11.0 Å². The summed E-state index contributed by atoms with van der Waals surface area (Å²) in [6, 6.07) is 6.43. The lowest BCUT2D eigenvalue weighted by atomic mass is 10.1. The van der Waals surface area contributed by atoms with Crippen LogP contribution in [0.2, 0.25) is 5.15 Å². The number of nitrogens with zero attached hydrogens (tertiary/aromatic N) is 2. The Bertz CT molecular complexity index is 524. The van der Waals surface area contributed by atoms with Gasteiger partial charge in [-0.3, -0.25) is 0 Å². The predicted octanol–water partition coefficient (Wildman–Crippen LogP) is 3.42. The van der Waals surface area contributed by atoms with Gasteiger partial charge in [0.1, 0.15) is 0 Å². The van der Waals surface area contributed by atoms with Gasteiger partial charge in [-0.15, -0.1) is 0 Å². The molecule has 3 rings (SSSR count). The minimum atomic E-state index is 0.436. The first-order valence-electron chi connectivity index (χ1n) is 5.20. The van der Waals surface area contributed by atoms with Crippen LogP contribution in [0.5, 0.6) is 0 Å². The van der Waals surface area contributed by atoms with Crippen LogP contribution in [0.1, 0.15) is 17.5 Å². The Morgan fingerprint density at radius 2 is 2.06 bits per heavy atom. The third-order valence-corrected chi connectivity index (χ3v) is 3.70. The lowest BCUT2D eigenvalue weighted by Gasteiger charge is -2.05. The highest BCUT2D eigenvalue weighted by molar-refractivity contribution is 6.99. The zero-order chi connectivity index (χ0) is 11.0. The Balaban J connectivity index is 1.88. The van der Waals surface area contributed by atoms with E-state index < -0.39 is 0 Å². The number of anilines is 2. The molecule has 0 amide bonds. The quantitative estimate of drug-likeness (QED) is 0.889. The molecule has 1 N–H and O–H groups in total. The monoisotopic (exact) mass is 251 g/mol. The normalized spacial score (nSPS) is 13.8. The van der Waals surface area contributed by atoms with E-state index >= 15 is 0 Å². The van der Waals surface area contributed by atoms with Gasteiger partial charge in [-0.05, 0) is 42.5 Å². The topological polar surface area (TPSA) is 37.8 Å². The number of nitrogens with one attached hydrogen (secondary N) is 1. The van der Waals surface area contributed by atoms with Crippen molar-refractivity contribution in [1.29, 1.82) is 0 Å². The fourth-order valence-corrected chi connectivity index (χ4v) is 2.68. The van der Waals surface area contributed by atoms with E-state index in [2.05, 4.69) is 32.3 Å². The molecule has 0 unspecified atom stereocenters. The molecular formula is C11H10ClN3S. The van der Waals surface area contributed by atoms with Gasteiger partial charge in [0, 0.05) is 5.69 Å². The lowest BCUT2D eigenvalue weighted by Crippen LogP contribution is -1.92. The lowest BCUT2D eigenvalue weighted by molar-refractivity contribution is 0.912. The van der Waals surface area contributed by atoms with E-state index in [0.29, 0.717) is 11.0 Å². The first kappa shape index (κ1) is 10.1. The van der Waals surface area contributed by atoms with Crippen LogP contribution in [0.25, 0.3) is 0 Å². The van der Waals surface area contributed by atoms with E-state index in [9.17, 15) is 0 Å². The summed E-state index contributed by atoms with van der Waals surface area (Å²) in [6.45, 7) is 0. The third-order valence-electron chi connectivity index (χ3n) is 2.81. The number of hydrogen-bond donors (Lipinski definition) is 1. The molecule has 82 valence electrons. The summed E-state index contributed by atoms with van der Waals surface area (Å²) in [4.78, 5) is 0. The zero-order valence-corrected chi connectivity index (χ0v) is 10.1. The summed E-state index contributed by atoms with van der Waals surface area (Å²) in [5, 5.41) is 3.62. The van der Waals surface area contributed by atoms with Crippen molar-refractivity contribution in [2.75, 3.05) is 5.32 Å². The second kappa shape index (κ2) is 4.03. The number of hydrogen-bond acceptors (Lipinski definition) is 4. The summed E-state index contributed by atoms with van der Waals surface area (Å²) >= 11 is 7.00. The third kappa shape index (κ3) is 1.79. The van der Waals surface area contributed by atoms with Crippen molar-refractivity contribution in [3.05, 3.63) is 34.5 Å². The number of halogens is 1. The molecule has 0 bridgehead atoms. The smallest absolute Gasteiger partial charge is 0.187 e. The molecule has 1 aromatic heterocycles. The molecule has 16 heavy (non-hydrogen) atoms. The number of aromatic nitrogens is 2. The van der Waals surface area contributed by atoms with Crippen molar-refractivity contribution in [2.45, 2.75) is 19.3 Å². The van der Waals surface area contributed by atoms with Crippen molar-refractivity contribution < 1.29 is 0 Å². The Morgan fingerprint density at radius 1 is 1.19 bits per heavy atom. The number of rotatable bonds is 2. The maximum atomic E-state index is 5.88. The minimum absolute atomic E-state index is 0.436. The van der Waals surface area contributed by atoms with Crippen LogP contribution in [-0.2, 0) is 12.8 Å². The van der Waals surface area contributed by atoms with E-state index in [1.165, 1.54) is 30.4 Å². The van der Waals surface area contributed by atoms with Crippen molar-refractivity contribution in [3.63, 3.8) is 0 Å². The van der Waals surface area contributed by atoms with Gasteiger partial charge >= 0.3 is 0 Å². The average molecular weight is 252 g/mol. The molecule has 3 nitrogen and oxygen atoms in total. The number of benzene rings is 1. The van der Waals surface area contributed by atoms with Crippen LogP contribution in [0.3, 0.4) is 0 Å². The molecule has 1 aromatic carbocycles. The van der Waals surface area contributed by atoms with Gasteiger partial charge in [0.25, 0.3) is 0 Å². The SMILES string of the molecule is Clc1nsnc1Nc1ccc2c(c1)CCC2. The summed E-state index contributed by atoms with van der Waals surface area (Å²) in [6.07, 6.45) is 3.64. The van der Waals surface area contributed by atoms with Crippen LogP contribution in [0.4, 0.5) is 11.5 Å². The summed E-state index contributed by atoms with van der Waals surface area (Å²) in [5.41, 5.74) is 3.94. The largest absolute Gasteiger partial charge is 0.337 e. The van der Waals surface area contributed by atoms with Gasteiger partial charge < -0.3 is 5.32 Å². The second-order valence-corrected chi connectivity index (χ2v) is 4.75. The molecular weight excluding hydrogens is 242 g/mol. The minimum Gasteiger partial charge on any atom is -0.337 e. The van der Waals surface area contributed by atoms with Crippen LogP contribution in [0, 0.1) is 0 Å². The highest BCUT2D eigenvalue weighted by Crippen LogP contribution is 2.28. The fourth-order valence-electron chi connectivity index (χ4n) is 2.04. The Hall–Kier alpha value is -1.13. The Kier molecular flexibility index (Phi) is 2.53. The van der Waals surface area contributed by atoms with E-state index in [0.717, 1.165) is 17.4 Å². The van der Waals surface area contributed by atoms with Crippen LogP contribution < -0.4 is 5.32 Å². The maximum absolute atomic E-state index is 5.88. The first-order chi connectivity index (χ1) is 7.83. The number of fused-ring (bicyclic) bond motifs is 1. The highest BCUT2D eigenvalue weighted by Gasteiger charge is 2.12. The fraction of sp³-hybridized carbons (Fsp3) is 0.273. The van der Waals surface area contributed by atoms with E-state index in [1.54, 1.807) is 0 Å². The molecule has 5 heteroatoms. The molecule has 1 aliphatic carbocycles. The Labute approximate surface area is 103 Å². The van der Waals surface area contributed by atoms with Gasteiger partial charge in [0.05, 0.1) is 11.7 Å². The van der Waals surface area contributed by atoms with Crippen LogP contribution >= 0.6 is 23.3 Å².